The van der Waals surface area contributed by atoms with Gasteiger partial charge < -0.3 is 16.2 Å². The summed E-state index contributed by atoms with van der Waals surface area (Å²) in [5, 5.41) is 15.0. The molecule has 1 unspecified atom stereocenters. The van der Waals surface area contributed by atoms with E-state index >= 15 is 0 Å². The number of nitrogens with zero attached hydrogens (tertiary/aromatic N) is 2. The quantitative estimate of drug-likeness (QED) is 0.529. The molecule has 0 spiro atoms. The van der Waals surface area contributed by atoms with Crippen LogP contribution in [0, 0.1) is 0 Å². The zero-order valence-corrected chi connectivity index (χ0v) is 8.81. The summed E-state index contributed by atoms with van der Waals surface area (Å²) in [5.74, 6) is 1.11. The van der Waals surface area contributed by atoms with E-state index in [9.17, 15) is 5.11 Å². The summed E-state index contributed by atoms with van der Waals surface area (Å²) < 4.78 is 0. The molecule has 84 valence electrons. The predicted octanol–water partition coefficient (Wildman–Crippen LogP) is -0.116. The molecule has 5 N–H and O–H groups in total. The Morgan fingerprint density at radius 1 is 1.38 bits per heavy atom. The van der Waals surface area contributed by atoms with Crippen molar-refractivity contribution in [1.82, 2.24) is 10.6 Å². The third-order valence-electron chi connectivity index (χ3n) is 2.22. The molecule has 1 atom stereocenters. The van der Waals surface area contributed by atoms with Crippen LogP contribution in [0.15, 0.2) is 34.3 Å². The van der Waals surface area contributed by atoms with Gasteiger partial charge in [0, 0.05) is 7.05 Å². The summed E-state index contributed by atoms with van der Waals surface area (Å²) in [4.78, 5) is 8.17. The number of nitrogens with one attached hydrogen (secondary N) is 2. The van der Waals surface area contributed by atoms with Crippen molar-refractivity contribution in [2.24, 2.45) is 15.7 Å². The molecule has 1 aliphatic rings. The largest absolute Gasteiger partial charge is 0.508 e. The fourth-order valence-corrected chi connectivity index (χ4v) is 1.43. The normalized spacial score (nSPS) is 22.2. The van der Waals surface area contributed by atoms with Crippen LogP contribution < -0.4 is 16.4 Å². The van der Waals surface area contributed by atoms with Crippen LogP contribution in [-0.4, -0.2) is 24.1 Å². The molecule has 0 aliphatic carbocycles. The smallest absolute Gasteiger partial charge is 0.199 e. The predicted molar refractivity (Wildman–Crippen MR) is 62.1 cm³/mol. The van der Waals surface area contributed by atoms with Crippen molar-refractivity contribution >= 4 is 11.9 Å². The minimum absolute atomic E-state index is 0.221. The first-order chi connectivity index (χ1) is 7.69. The van der Waals surface area contributed by atoms with Gasteiger partial charge in [0.15, 0.2) is 18.1 Å². The number of hydrogen-bond donors (Lipinski definition) is 4. The van der Waals surface area contributed by atoms with Gasteiger partial charge in [-0.1, -0.05) is 12.1 Å². The highest BCUT2D eigenvalue weighted by Gasteiger charge is 2.17. The maximum atomic E-state index is 9.19. The number of phenols is 1. The molecule has 1 aromatic rings. The molecule has 0 radical (unpaired) electrons. The monoisotopic (exact) mass is 219 g/mol. The van der Waals surface area contributed by atoms with Gasteiger partial charge in [0.1, 0.15) is 5.75 Å². The number of hydrogen-bond acceptors (Lipinski definition) is 4. The van der Waals surface area contributed by atoms with Crippen LogP contribution in [0.4, 0.5) is 0 Å². The Morgan fingerprint density at radius 3 is 2.69 bits per heavy atom. The molecule has 0 fully saturated rings. The van der Waals surface area contributed by atoms with E-state index in [4.69, 9.17) is 5.73 Å². The van der Waals surface area contributed by atoms with Crippen LogP contribution in [0.3, 0.4) is 0 Å². The Labute approximate surface area is 92.9 Å². The van der Waals surface area contributed by atoms with Crippen molar-refractivity contribution in [2.45, 2.75) is 6.17 Å². The molecule has 0 saturated carbocycles. The standard InChI is InChI=1S/C10H13N5O/c1-12-10-14-8(13-9(11)15-10)6-2-4-7(16)5-3-6/h2-5,8,16H,1H3,(H4,11,12,13,14,15). The fraction of sp³-hybridized carbons (Fsp3) is 0.200. The van der Waals surface area contributed by atoms with E-state index in [-0.39, 0.29) is 11.9 Å². The van der Waals surface area contributed by atoms with Gasteiger partial charge in [-0.3, -0.25) is 10.3 Å². The summed E-state index contributed by atoms with van der Waals surface area (Å²) in [6.45, 7) is 0. The van der Waals surface area contributed by atoms with Gasteiger partial charge in [0.25, 0.3) is 0 Å². The van der Waals surface area contributed by atoms with Gasteiger partial charge in [0.2, 0.25) is 0 Å². The second kappa shape index (κ2) is 4.09. The van der Waals surface area contributed by atoms with Crippen LogP contribution in [0.2, 0.25) is 0 Å². The maximum Gasteiger partial charge on any atom is 0.199 e. The van der Waals surface area contributed by atoms with Gasteiger partial charge in [0.05, 0.1) is 0 Å². The van der Waals surface area contributed by atoms with Crippen LogP contribution in [0.5, 0.6) is 5.75 Å². The third-order valence-corrected chi connectivity index (χ3v) is 2.22. The lowest BCUT2D eigenvalue weighted by Crippen LogP contribution is -2.50. The highest BCUT2D eigenvalue weighted by molar-refractivity contribution is 5.99. The first-order valence-electron chi connectivity index (χ1n) is 4.81. The van der Waals surface area contributed by atoms with E-state index in [1.165, 1.54) is 0 Å². The zero-order chi connectivity index (χ0) is 11.5. The van der Waals surface area contributed by atoms with Crippen LogP contribution in [-0.2, 0) is 0 Å². The van der Waals surface area contributed by atoms with Gasteiger partial charge >= 0.3 is 0 Å². The number of benzene rings is 1. The van der Waals surface area contributed by atoms with Gasteiger partial charge in [-0.2, -0.15) is 0 Å². The molecule has 16 heavy (non-hydrogen) atoms. The first-order valence-corrected chi connectivity index (χ1v) is 4.81. The summed E-state index contributed by atoms with van der Waals surface area (Å²) in [5.41, 5.74) is 6.53. The number of phenolic OH excluding ortho intramolecular Hbond substituents is 1. The third kappa shape index (κ3) is 2.05. The van der Waals surface area contributed by atoms with Gasteiger partial charge in [-0.25, -0.2) is 4.99 Å². The number of aromatic hydroxyl groups is 1. The Balaban J connectivity index is 2.27. The van der Waals surface area contributed by atoms with Gasteiger partial charge in [-0.05, 0) is 17.7 Å². The van der Waals surface area contributed by atoms with E-state index < -0.39 is 0 Å². The Kier molecular flexibility index (Phi) is 2.63. The number of guanidine groups is 2. The number of aliphatic imine (C=N–C) groups is 2. The van der Waals surface area contributed by atoms with Crippen molar-refractivity contribution < 1.29 is 5.11 Å². The highest BCUT2D eigenvalue weighted by Crippen LogP contribution is 2.18. The average Bonchev–Trinajstić information content (AvgIpc) is 2.29. The van der Waals surface area contributed by atoms with E-state index in [0.29, 0.717) is 11.9 Å². The van der Waals surface area contributed by atoms with Crippen molar-refractivity contribution in [3.63, 3.8) is 0 Å². The minimum Gasteiger partial charge on any atom is -0.508 e. The van der Waals surface area contributed by atoms with Gasteiger partial charge in [-0.15, -0.1) is 0 Å². The molecule has 0 amide bonds. The Bertz CT molecular complexity index is 437. The van der Waals surface area contributed by atoms with Crippen LogP contribution >= 0.6 is 0 Å². The molecule has 0 aromatic heterocycles. The van der Waals surface area contributed by atoms with E-state index in [0.717, 1.165) is 5.56 Å². The van der Waals surface area contributed by atoms with E-state index in [1.807, 2.05) is 0 Å². The summed E-state index contributed by atoms with van der Waals surface area (Å²) >= 11 is 0. The molecular formula is C10H13N5O. The van der Waals surface area contributed by atoms with E-state index in [1.54, 1.807) is 31.3 Å². The summed E-state index contributed by atoms with van der Waals surface area (Å²) in [6.07, 6.45) is -0.277. The molecule has 0 bridgehead atoms. The molecule has 1 aliphatic heterocycles. The van der Waals surface area contributed by atoms with Crippen molar-refractivity contribution in [3.8, 4) is 5.75 Å². The Morgan fingerprint density at radius 2 is 2.06 bits per heavy atom. The first kappa shape index (κ1) is 10.3. The van der Waals surface area contributed by atoms with E-state index in [2.05, 4.69) is 20.6 Å². The van der Waals surface area contributed by atoms with Crippen LogP contribution in [0.1, 0.15) is 11.7 Å². The molecule has 2 rings (SSSR count). The zero-order valence-electron chi connectivity index (χ0n) is 8.81. The molecule has 6 heteroatoms. The molecule has 1 aromatic carbocycles. The van der Waals surface area contributed by atoms with Crippen LogP contribution in [0.25, 0.3) is 0 Å². The maximum absolute atomic E-state index is 9.19. The Hall–Kier alpha value is -2.24. The average molecular weight is 219 g/mol. The lowest BCUT2D eigenvalue weighted by Gasteiger charge is -2.23. The lowest BCUT2D eigenvalue weighted by atomic mass is 10.1. The summed E-state index contributed by atoms with van der Waals surface area (Å²) in [7, 11) is 1.65. The van der Waals surface area contributed by atoms with Crippen molar-refractivity contribution in [3.05, 3.63) is 29.8 Å². The molecule has 0 saturated heterocycles. The molecule has 1 heterocycles. The summed E-state index contributed by atoms with van der Waals surface area (Å²) in [6, 6.07) is 6.77. The number of rotatable bonds is 1. The van der Waals surface area contributed by atoms with Crippen molar-refractivity contribution in [2.75, 3.05) is 7.05 Å². The minimum atomic E-state index is -0.277. The topological polar surface area (TPSA) is 95.0 Å². The molecule has 6 nitrogen and oxygen atoms in total. The fourth-order valence-electron chi connectivity index (χ4n) is 1.43. The lowest BCUT2D eigenvalue weighted by molar-refractivity contribution is 0.474. The molecular weight excluding hydrogens is 206 g/mol. The van der Waals surface area contributed by atoms with Crippen molar-refractivity contribution in [1.29, 1.82) is 0 Å². The second-order valence-corrected chi connectivity index (χ2v) is 3.35. The number of nitrogens with two attached hydrogens (primary N) is 1. The highest BCUT2D eigenvalue weighted by atomic mass is 16.3. The second-order valence-electron chi connectivity index (χ2n) is 3.35. The SMILES string of the molecule is CN=C1NC(N)=NC(c2ccc(O)cc2)N1.